The number of hydrogen-bond donors (Lipinski definition) is 1. The van der Waals surface area contributed by atoms with Gasteiger partial charge in [-0.2, -0.15) is 0 Å². The summed E-state index contributed by atoms with van der Waals surface area (Å²) in [5.74, 6) is 0.485. The van der Waals surface area contributed by atoms with Crippen LogP contribution >= 0.6 is 0 Å². The number of nitrogens with one attached hydrogen (secondary N) is 1. The molecule has 0 aromatic carbocycles. The van der Waals surface area contributed by atoms with Crippen molar-refractivity contribution in [2.24, 2.45) is 5.92 Å². The fourth-order valence-electron chi connectivity index (χ4n) is 1.50. The van der Waals surface area contributed by atoms with E-state index >= 15 is 0 Å². The van der Waals surface area contributed by atoms with Crippen LogP contribution in [0.1, 0.15) is 26.7 Å². The Bertz CT molecular complexity index is 266. The number of rotatable bonds is 5. The van der Waals surface area contributed by atoms with Gasteiger partial charge in [-0.1, -0.05) is 13.8 Å². The second-order valence-corrected chi connectivity index (χ2v) is 4.62. The van der Waals surface area contributed by atoms with Crippen LogP contribution in [-0.2, 0) is 9.53 Å². The molecular weight excluding hydrogens is 208 g/mol. The molecule has 0 aromatic heterocycles. The van der Waals surface area contributed by atoms with E-state index in [1.54, 1.807) is 7.05 Å². The summed E-state index contributed by atoms with van der Waals surface area (Å²) in [6.07, 6.45) is 0.577. The molecule has 1 aliphatic heterocycles. The number of hydrogen-bond acceptors (Lipinski definition) is 3. The van der Waals surface area contributed by atoms with Crippen LogP contribution in [-0.4, -0.2) is 43.1 Å². The molecule has 1 unspecified atom stereocenters. The van der Waals surface area contributed by atoms with Gasteiger partial charge < -0.3 is 15.0 Å². The normalized spacial score (nSPS) is 20.1. The van der Waals surface area contributed by atoms with E-state index in [2.05, 4.69) is 5.32 Å². The molecule has 1 rings (SSSR count). The minimum Gasteiger partial charge on any atom is -0.444 e. The number of carbonyl (C=O) groups is 2. The van der Waals surface area contributed by atoms with Crippen LogP contribution < -0.4 is 5.32 Å². The first-order valence-corrected chi connectivity index (χ1v) is 5.67. The zero-order valence-corrected chi connectivity index (χ0v) is 10.2. The summed E-state index contributed by atoms with van der Waals surface area (Å²) in [6.45, 7) is 5.38. The molecule has 1 saturated heterocycles. The van der Waals surface area contributed by atoms with Crippen LogP contribution in [0.5, 0.6) is 0 Å². The molecule has 0 aliphatic carbocycles. The van der Waals surface area contributed by atoms with E-state index in [-0.39, 0.29) is 18.1 Å². The first-order chi connectivity index (χ1) is 7.49. The summed E-state index contributed by atoms with van der Waals surface area (Å²) in [7, 11) is 1.70. The van der Waals surface area contributed by atoms with Gasteiger partial charge in [0, 0.05) is 20.0 Å². The largest absolute Gasteiger partial charge is 0.444 e. The summed E-state index contributed by atoms with van der Waals surface area (Å²) >= 11 is 0. The molecule has 5 heteroatoms. The Hall–Kier alpha value is -1.26. The molecule has 2 amide bonds. The van der Waals surface area contributed by atoms with E-state index < -0.39 is 0 Å². The van der Waals surface area contributed by atoms with Crippen LogP contribution in [0, 0.1) is 5.92 Å². The number of ether oxygens (including phenoxy) is 1. The van der Waals surface area contributed by atoms with Crippen molar-refractivity contribution in [3.63, 3.8) is 0 Å². The number of likely N-dealkylation sites (N-methyl/N-ethyl adjacent to an activating group) is 1. The molecule has 1 fully saturated rings. The smallest absolute Gasteiger partial charge is 0.409 e. The highest BCUT2D eigenvalue weighted by Crippen LogP contribution is 2.13. The predicted molar refractivity (Wildman–Crippen MR) is 60.0 cm³/mol. The third kappa shape index (κ3) is 4.08. The maximum absolute atomic E-state index is 11.4. The number of nitrogens with zero attached hydrogens (tertiary/aromatic N) is 1. The molecule has 1 N–H and O–H groups in total. The fraction of sp³-hybridized carbons (Fsp3) is 0.818. The van der Waals surface area contributed by atoms with Gasteiger partial charge in [0.15, 0.2) is 0 Å². The van der Waals surface area contributed by atoms with Crippen LogP contribution in [0.4, 0.5) is 4.79 Å². The van der Waals surface area contributed by atoms with Gasteiger partial charge in [0.2, 0.25) is 5.91 Å². The molecule has 16 heavy (non-hydrogen) atoms. The maximum Gasteiger partial charge on any atom is 0.409 e. The highest BCUT2D eigenvalue weighted by atomic mass is 16.6. The van der Waals surface area contributed by atoms with E-state index in [1.165, 1.54) is 4.90 Å². The Labute approximate surface area is 96.1 Å². The van der Waals surface area contributed by atoms with Crippen molar-refractivity contribution in [2.75, 3.05) is 20.1 Å². The van der Waals surface area contributed by atoms with Crippen molar-refractivity contribution in [3.05, 3.63) is 0 Å². The lowest BCUT2D eigenvalue weighted by molar-refractivity contribution is -0.121. The molecule has 0 spiro atoms. The van der Waals surface area contributed by atoms with Crippen molar-refractivity contribution >= 4 is 12.0 Å². The third-order valence-corrected chi connectivity index (χ3v) is 2.46. The SMILES string of the molecule is CC(C)CNC(=O)CCC1CN(C)C(=O)O1. The molecule has 0 saturated carbocycles. The van der Waals surface area contributed by atoms with Crippen LogP contribution in [0.3, 0.4) is 0 Å². The molecule has 0 aromatic rings. The zero-order chi connectivity index (χ0) is 12.1. The summed E-state index contributed by atoms with van der Waals surface area (Å²) < 4.78 is 5.06. The van der Waals surface area contributed by atoms with Gasteiger partial charge in [0.1, 0.15) is 6.10 Å². The Morgan fingerprint density at radius 3 is 2.81 bits per heavy atom. The lowest BCUT2D eigenvalue weighted by Crippen LogP contribution is -2.28. The average Bonchev–Trinajstić information content (AvgIpc) is 2.52. The monoisotopic (exact) mass is 228 g/mol. The Morgan fingerprint density at radius 1 is 1.62 bits per heavy atom. The second kappa shape index (κ2) is 5.72. The van der Waals surface area contributed by atoms with Crippen molar-refractivity contribution in [2.45, 2.75) is 32.8 Å². The lowest BCUT2D eigenvalue weighted by atomic mass is 10.2. The standard InChI is InChI=1S/C11H20N2O3/c1-8(2)6-12-10(14)5-4-9-7-13(3)11(15)16-9/h8-9H,4-7H2,1-3H3,(H,12,14). The average molecular weight is 228 g/mol. The van der Waals surface area contributed by atoms with Crippen molar-refractivity contribution in [3.8, 4) is 0 Å². The van der Waals surface area contributed by atoms with Gasteiger partial charge in [-0.15, -0.1) is 0 Å². The Balaban J connectivity index is 2.15. The molecule has 0 bridgehead atoms. The summed E-state index contributed by atoms with van der Waals surface area (Å²) in [5, 5.41) is 2.84. The maximum atomic E-state index is 11.4. The minimum atomic E-state index is -0.299. The topological polar surface area (TPSA) is 58.6 Å². The van der Waals surface area contributed by atoms with Gasteiger partial charge in [-0.3, -0.25) is 4.79 Å². The summed E-state index contributed by atoms with van der Waals surface area (Å²) in [5.41, 5.74) is 0. The molecular formula is C11H20N2O3. The predicted octanol–water partition coefficient (Wildman–Crippen LogP) is 0.989. The van der Waals surface area contributed by atoms with E-state index in [0.717, 1.165) is 0 Å². The van der Waals surface area contributed by atoms with E-state index in [1.807, 2.05) is 13.8 Å². The van der Waals surface area contributed by atoms with Gasteiger partial charge in [0.25, 0.3) is 0 Å². The van der Waals surface area contributed by atoms with E-state index in [9.17, 15) is 9.59 Å². The third-order valence-electron chi connectivity index (χ3n) is 2.46. The fourth-order valence-corrected chi connectivity index (χ4v) is 1.50. The highest BCUT2D eigenvalue weighted by Gasteiger charge is 2.28. The molecule has 1 heterocycles. The van der Waals surface area contributed by atoms with Crippen molar-refractivity contribution in [1.82, 2.24) is 10.2 Å². The quantitative estimate of drug-likeness (QED) is 0.763. The van der Waals surface area contributed by atoms with E-state index in [0.29, 0.717) is 31.8 Å². The first kappa shape index (κ1) is 12.8. The van der Waals surface area contributed by atoms with Gasteiger partial charge >= 0.3 is 6.09 Å². The van der Waals surface area contributed by atoms with Crippen molar-refractivity contribution in [1.29, 1.82) is 0 Å². The Kier molecular flexibility index (Phi) is 4.58. The molecule has 0 radical (unpaired) electrons. The molecule has 1 atom stereocenters. The number of cyclic esters (lactones) is 1. The lowest BCUT2D eigenvalue weighted by Gasteiger charge is -2.09. The second-order valence-electron chi connectivity index (χ2n) is 4.62. The van der Waals surface area contributed by atoms with E-state index in [4.69, 9.17) is 4.74 Å². The highest BCUT2D eigenvalue weighted by molar-refractivity contribution is 5.76. The van der Waals surface area contributed by atoms with Gasteiger partial charge in [-0.05, 0) is 12.3 Å². The van der Waals surface area contributed by atoms with Gasteiger partial charge in [-0.25, -0.2) is 4.79 Å². The van der Waals surface area contributed by atoms with Gasteiger partial charge in [0.05, 0.1) is 6.54 Å². The minimum absolute atomic E-state index is 0.0271. The van der Waals surface area contributed by atoms with Crippen LogP contribution in [0.25, 0.3) is 0 Å². The summed E-state index contributed by atoms with van der Waals surface area (Å²) in [6, 6.07) is 0. The zero-order valence-electron chi connectivity index (χ0n) is 10.2. The molecule has 1 aliphatic rings. The Morgan fingerprint density at radius 2 is 2.31 bits per heavy atom. The van der Waals surface area contributed by atoms with Crippen LogP contribution in [0.15, 0.2) is 0 Å². The summed E-state index contributed by atoms with van der Waals surface area (Å²) in [4.78, 5) is 24.0. The first-order valence-electron chi connectivity index (χ1n) is 5.67. The molecule has 92 valence electrons. The van der Waals surface area contributed by atoms with Crippen molar-refractivity contribution < 1.29 is 14.3 Å². The van der Waals surface area contributed by atoms with Crippen LogP contribution in [0.2, 0.25) is 0 Å². The molecule has 5 nitrogen and oxygen atoms in total. The number of amides is 2. The number of carbonyl (C=O) groups excluding carboxylic acids is 2.